The van der Waals surface area contributed by atoms with E-state index in [0.29, 0.717) is 6.04 Å². The molecule has 0 aromatic rings. The summed E-state index contributed by atoms with van der Waals surface area (Å²) in [6.45, 7) is 0. The predicted molar refractivity (Wildman–Crippen MR) is 49.4 cm³/mol. The van der Waals surface area contributed by atoms with E-state index in [1.54, 1.807) is 11.9 Å². The molecule has 2 nitrogen and oxygen atoms in total. The monoisotopic (exact) mass is 193 g/mol. The lowest BCUT2D eigenvalue weighted by molar-refractivity contribution is 0.215. The Kier molecular flexibility index (Phi) is 3.52. The Labute approximate surface area is 76.3 Å². The molecule has 0 N–H and O–H groups in total. The Morgan fingerprint density at radius 3 is 2.91 bits per heavy atom. The van der Waals surface area contributed by atoms with Gasteiger partial charge in [-0.2, -0.15) is 11.8 Å². The molecule has 4 heteroatoms. The van der Waals surface area contributed by atoms with E-state index in [2.05, 4.69) is 0 Å². The van der Waals surface area contributed by atoms with Crippen LogP contribution in [-0.2, 0) is 0 Å². The van der Waals surface area contributed by atoms with E-state index in [0.717, 1.165) is 12.2 Å². The summed E-state index contributed by atoms with van der Waals surface area (Å²) in [5.74, 6) is 2.26. The van der Waals surface area contributed by atoms with Gasteiger partial charge in [-0.15, -0.1) is 0 Å². The molecule has 1 heterocycles. The number of carbonyl (C=O) groups excluding carboxylic acids is 1. The van der Waals surface area contributed by atoms with Crippen LogP contribution >= 0.6 is 23.4 Å². The molecule has 1 amide bonds. The van der Waals surface area contributed by atoms with E-state index < -0.39 is 0 Å². The number of amides is 1. The van der Waals surface area contributed by atoms with Crippen LogP contribution < -0.4 is 0 Å². The summed E-state index contributed by atoms with van der Waals surface area (Å²) in [5.41, 5.74) is 0. The van der Waals surface area contributed by atoms with Gasteiger partial charge in [0.05, 0.1) is 0 Å². The predicted octanol–water partition coefficient (Wildman–Crippen LogP) is 2.17. The fraction of sp³-hybridized carbons (Fsp3) is 0.857. The molecule has 0 radical (unpaired) electrons. The summed E-state index contributed by atoms with van der Waals surface area (Å²) < 4.78 is 0. The number of carbonyl (C=O) groups is 1. The number of hydrogen-bond donors (Lipinski definition) is 0. The average molecular weight is 194 g/mol. The summed E-state index contributed by atoms with van der Waals surface area (Å²) in [6, 6.07) is 0.360. The highest BCUT2D eigenvalue weighted by Gasteiger charge is 2.20. The fourth-order valence-electron chi connectivity index (χ4n) is 1.17. The summed E-state index contributed by atoms with van der Waals surface area (Å²) in [6.07, 6.45) is 2.30. The van der Waals surface area contributed by atoms with E-state index in [1.807, 2.05) is 11.8 Å². The molecule has 1 aliphatic heterocycles. The molecule has 1 aliphatic rings. The molecule has 1 rings (SSSR count). The second-order valence-electron chi connectivity index (χ2n) is 2.73. The molecule has 0 aliphatic carbocycles. The van der Waals surface area contributed by atoms with Crippen LogP contribution in [0.15, 0.2) is 0 Å². The van der Waals surface area contributed by atoms with Crippen LogP contribution in [0.5, 0.6) is 0 Å². The molecule has 64 valence electrons. The topological polar surface area (TPSA) is 20.3 Å². The number of rotatable bonds is 1. The van der Waals surface area contributed by atoms with Gasteiger partial charge in [-0.3, -0.25) is 4.79 Å². The summed E-state index contributed by atoms with van der Waals surface area (Å²) >= 11 is 7.24. The first-order chi connectivity index (χ1) is 5.22. The van der Waals surface area contributed by atoms with Crippen LogP contribution in [0.2, 0.25) is 0 Å². The molecular formula is C7H12ClNOS. The van der Waals surface area contributed by atoms with Gasteiger partial charge < -0.3 is 4.90 Å². The van der Waals surface area contributed by atoms with Gasteiger partial charge in [-0.05, 0) is 30.2 Å². The highest BCUT2D eigenvalue weighted by Crippen LogP contribution is 2.21. The number of thioether (sulfide) groups is 1. The van der Waals surface area contributed by atoms with Gasteiger partial charge in [0, 0.05) is 18.8 Å². The maximum Gasteiger partial charge on any atom is 0.316 e. The summed E-state index contributed by atoms with van der Waals surface area (Å²) in [4.78, 5) is 12.4. The highest BCUT2D eigenvalue weighted by atomic mass is 35.5. The van der Waals surface area contributed by atoms with Crippen LogP contribution in [0.25, 0.3) is 0 Å². The summed E-state index contributed by atoms with van der Waals surface area (Å²) in [7, 11) is 1.77. The van der Waals surface area contributed by atoms with Crippen molar-refractivity contribution in [2.24, 2.45) is 0 Å². The van der Waals surface area contributed by atoms with Crippen molar-refractivity contribution in [3.8, 4) is 0 Å². The lowest BCUT2D eigenvalue weighted by atomic mass is 10.2. The normalized spacial score (nSPS) is 24.7. The molecule has 1 unspecified atom stereocenters. The maximum absolute atomic E-state index is 10.7. The van der Waals surface area contributed by atoms with Crippen LogP contribution in [0.3, 0.4) is 0 Å². The minimum absolute atomic E-state index is 0.336. The second kappa shape index (κ2) is 4.21. The van der Waals surface area contributed by atoms with Gasteiger partial charge in [-0.25, -0.2) is 0 Å². The van der Waals surface area contributed by atoms with Crippen LogP contribution in [0, 0.1) is 0 Å². The second-order valence-corrected chi connectivity index (χ2v) is 4.21. The zero-order valence-electron chi connectivity index (χ0n) is 6.55. The van der Waals surface area contributed by atoms with Gasteiger partial charge in [0.2, 0.25) is 0 Å². The standard InChI is InChI=1S/C7H12ClNOS/c1-9(7(8)10)6-3-2-4-11-5-6/h6H,2-5H2,1H3. The van der Waals surface area contributed by atoms with Crippen molar-refractivity contribution < 1.29 is 4.79 Å². The molecule has 1 atom stereocenters. The van der Waals surface area contributed by atoms with Crippen LogP contribution in [0.1, 0.15) is 12.8 Å². The molecule has 0 saturated carbocycles. The zero-order valence-corrected chi connectivity index (χ0v) is 8.12. The number of hydrogen-bond acceptors (Lipinski definition) is 2. The first kappa shape index (κ1) is 9.20. The van der Waals surface area contributed by atoms with Crippen molar-refractivity contribution in [2.45, 2.75) is 18.9 Å². The van der Waals surface area contributed by atoms with Gasteiger partial charge in [-0.1, -0.05) is 0 Å². The Morgan fingerprint density at radius 1 is 1.73 bits per heavy atom. The Bertz CT molecular complexity index is 147. The molecule has 0 bridgehead atoms. The van der Waals surface area contributed by atoms with Gasteiger partial charge in [0.15, 0.2) is 0 Å². The molecule has 0 aromatic heterocycles. The largest absolute Gasteiger partial charge is 0.328 e. The van der Waals surface area contributed by atoms with Crippen molar-refractivity contribution >= 4 is 28.7 Å². The van der Waals surface area contributed by atoms with E-state index in [9.17, 15) is 4.79 Å². The lowest BCUT2D eigenvalue weighted by Gasteiger charge is -2.28. The maximum atomic E-state index is 10.7. The van der Waals surface area contributed by atoms with E-state index >= 15 is 0 Å². The fourth-order valence-corrected chi connectivity index (χ4v) is 2.51. The molecule has 0 spiro atoms. The Balaban J connectivity index is 2.38. The molecule has 0 aromatic carbocycles. The smallest absolute Gasteiger partial charge is 0.316 e. The first-order valence-electron chi connectivity index (χ1n) is 3.72. The van der Waals surface area contributed by atoms with Crippen molar-refractivity contribution in [3.05, 3.63) is 0 Å². The van der Waals surface area contributed by atoms with Crippen molar-refractivity contribution in [3.63, 3.8) is 0 Å². The van der Waals surface area contributed by atoms with Crippen molar-refractivity contribution in [2.75, 3.05) is 18.6 Å². The molecule has 1 fully saturated rings. The SMILES string of the molecule is CN(C(=O)Cl)C1CCCSC1. The molecule has 1 saturated heterocycles. The minimum Gasteiger partial charge on any atom is -0.328 e. The number of halogens is 1. The summed E-state index contributed by atoms with van der Waals surface area (Å²) in [5, 5.41) is -0.336. The third-order valence-corrected chi connectivity index (χ3v) is 3.43. The number of nitrogens with zero attached hydrogens (tertiary/aromatic N) is 1. The first-order valence-corrected chi connectivity index (χ1v) is 5.25. The third-order valence-electron chi connectivity index (χ3n) is 1.96. The quantitative estimate of drug-likeness (QED) is 0.470. The van der Waals surface area contributed by atoms with Gasteiger partial charge in [0.25, 0.3) is 0 Å². The lowest BCUT2D eigenvalue weighted by Crippen LogP contribution is -2.37. The molecule has 11 heavy (non-hydrogen) atoms. The average Bonchev–Trinajstić information content (AvgIpc) is 2.05. The van der Waals surface area contributed by atoms with Crippen LogP contribution in [0.4, 0.5) is 4.79 Å². The molecular weight excluding hydrogens is 182 g/mol. The minimum atomic E-state index is -0.336. The van der Waals surface area contributed by atoms with Gasteiger partial charge >= 0.3 is 5.37 Å². The zero-order chi connectivity index (χ0) is 8.27. The van der Waals surface area contributed by atoms with E-state index in [4.69, 9.17) is 11.6 Å². The highest BCUT2D eigenvalue weighted by molar-refractivity contribution is 7.99. The third kappa shape index (κ3) is 2.56. The van der Waals surface area contributed by atoms with Crippen molar-refractivity contribution in [1.82, 2.24) is 4.90 Å². The van der Waals surface area contributed by atoms with E-state index in [-0.39, 0.29) is 5.37 Å². The van der Waals surface area contributed by atoms with Gasteiger partial charge in [0.1, 0.15) is 0 Å². The Hall–Kier alpha value is 0.110. The van der Waals surface area contributed by atoms with Crippen LogP contribution in [-0.4, -0.2) is 34.9 Å². The van der Waals surface area contributed by atoms with E-state index in [1.165, 1.54) is 12.2 Å². The Morgan fingerprint density at radius 2 is 2.45 bits per heavy atom. The van der Waals surface area contributed by atoms with Crippen molar-refractivity contribution in [1.29, 1.82) is 0 Å².